The lowest BCUT2D eigenvalue weighted by Crippen LogP contribution is -2.32. The van der Waals surface area contributed by atoms with Crippen LogP contribution in [0.2, 0.25) is 0 Å². The van der Waals surface area contributed by atoms with Gasteiger partial charge in [-0.2, -0.15) is 0 Å². The normalized spacial score (nSPS) is 18.4. The number of hydrogen-bond donors (Lipinski definition) is 0. The summed E-state index contributed by atoms with van der Waals surface area (Å²) in [6.45, 7) is 5.71. The van der Waals surface area contributed by atoms with E-state index in [9.17, 15) is 4.79 Å². The molecule has 1 aliphatic heterocycles. The van der Waals surface area contributed by atoms with E-state index >= 15 is 0 Å². The molecule has 1 saturated heterocycles. The van der Waals surface area contributed by atoms with E-state index in [0.717, 1.165) is 37.4 Å². The Morgan fingerprint density at radius 1 is 1.25 bits per heavy atom. The fourth-order valence-electron chi connectivity index (χ4n) is 3.51. The topological polar surface area (TPSA) is 46.3 Å². The molecule has 2 aromatic rings. The average Bonchev–Trinajstić information content (AvgIpc) is 2.84. The molecule has 0 saturated carbocycles. The molecule has 4 heteroatoms. The summed E-state index contributed by atoms with van der Waals surface area (Å²) in [7, 11) is 0. The van der Waals surface area contributed by atoms with Crippen LogP contribution in [0.3, 0.4) is 0 Å². The van der Waals surface area contributed by atoms with Gasteiger partial charge in [-0.1, -0.05) is 38.0 Å². The maximum absolute atomic E-state index is 12.9. The van der Waals surface area contributed by atoms with Crippen LogP contribution < -0.4 is 0 Å². The second kappa shape index (κ2) is 7.65. The number of amides is 1. The molecule has 4 nitrogen and oxygen atoms in total. The number of carbonyl (C=O) groups is 1. The maximum Gasteiger partial charge on any atom is 0.276 e. The zero-order chi connectivity index (χ0) is 16.9. The summed E-state index contributed by atoms with van der Waals surface area (Å²) < 4.78 is 5.74. The number of aromatic nitrogens is 1. The van der Waals surface area contributed by atoms with E-state index in [2.05, 4.69) is 11.9 Å². The van der Waals surface area contributed by atoms with Crippen molar-refractivity contribution in [1.29, 1.82) is 0 Å². The number of aryl methyl sites for hydroxylation is 1. The zero-order valence-corrected chi connectivity index (χ0v) is 14.6. The van der Waals surface area contributed by atoms with Crippen molar-refractivity contribution < 1.29 is 9.21 Å². The van der Waals surface area contributed by atoms with Crippen molar-refractivity contribution in [3.05, 3.63) is 41.8 Å². The van der Waals surface area contributed by atoms with Gasteiger partial charge in [-0.05, 0) is 44.2 Å². The standard InChI is InChI=1S/C20H26N2O2/c1-3-8-16-9-7-13-22(14-12-16)20(23)18-15(2)24-19(21-18)17-10-5-4-6-11-17/h4-6,10-11,16H,3,7-9,12-14H2,1-2H3. The third-order valence-electron chi connectivity index (χ3n) is 4.85. The highest BCUT2D eigenvalue weighted by Crippen LogP contribution is 2.25. The molecule has 24 heavy (non-hydrogen) atoms. The first kappa shape index (κ1) is 16.7. The van der Waals surface area contributed by atoms with Gasteiger partial charge in [0.25, 0.3) is 5.91 Å². The third-order valence-corrected chi connectivity index (χ3v) is 4.85. The number of nitrogens with zero attached hydrogens (tertiary/aromatic N) is 2. The summed E-state index contributed by atoms with van der Waals surface area (Å²) in [5.74, 6) is 1.89. The Hall–Kier alpha value is -2.10. The Bertz CT molecular complexity index is 678. The monoisotopic (exact) mass is 326 g/mol. The van der Waals surface area contributed by atoms with Gasteiger partial charge in [-0.15, -0.1) is 0 Å². The molecule has 1 aromatic carbocycles. The number of hydrogen-bond acceptors (Lipinski definition) is 3. The van der Waals surface area contributed by atoms with Gasteiger partial charge in [0.15, 0.2) is 5.69 Å². The quantitative estimate of drug-likeness (QED) is 0.818. The Labute approximate surface area is 143 Å². The SMILES string of the molecule is CCCC1CCCN(C(=O)c2nc(-c3ccccc3)oc2C)CC1. The molecule has 3 rings (SSSR count). The number of rotatable bonds is 4. The molecular weight excluding hydrogens is 300 g/mol. The fourth-order valence-corrected chi connectivity index (χ4v) is 3.51. The highest BCUT2D eigenvalue weighted by atomic mass is 16.4. The summed E-state index contributed by atoms with van der Waals surface area (Å²) in [4.78, 5) is 19.3. The fraction of sp³-hybridized carbons (Fsp3) is 0.500. The molecule has 1 amide bonds. The van der Waals surface area contributed by atoms with E-state index in [0.29, 0.717) is 17.3 Å². The van der Waals surface area contributed by atoms with E-state index in [1.807, 2.05) is 42.2 Å². The molecular formula is C20H26N2O2. The number of likely N-dealkylation sites (tertiary alicyclic amines) is 1. The van der Waals surface area contributed by atoms with Gasteiger partial charge in [0.2, 0.25) is 5.89 Å². The number of carbonyl (C=O) groups excluding carboxylic acids is 1. The minimum Gasteiger partial charge on any atom is -0.441 e. The maximum atomic E-state index is 12.9. The lowest BCUT2D eigenvalue weighted by atomic mass is 9.96. The molecule has 1 atom stereocenters. The second-order valence-corrected chi connectivity index (χ2v) is 6.67. The minimum absolute atomic E-state index is 0.00980. The van der Waals surface area contributed by atoms with Crippen molar-refractivity contribution in [2.75, 3.05) is 13.1 Å². The summed E-state index contributed by atoms with van der Waals surface area (Å²) in [5.41, 5.74) is 1.36. The Morgan fingerprint density at radius 3 is 2.79 bits per heavy atom. The summed E-state index contributed by atoms with van der Waals surface area (Å²) in [6, 6.07) is 9.73. The highest BCUT2D eigenvalue weighted by molar-refractivity contribution is 5.93. The van der Waals surface area contributed by atoms with Gasteiger partial charge in [0, 0.05) is 18.7 Å². The van der Waals surface area contributed by atoms with Crippen molar-refractivity contribution in [3.63, 3.8) is 0 Å². The summed E-state index contributed by atoms with van der Waals surface area (Å²) >= 11 is 0. The molecule has 0 spiro atoms. The van der Waals surface area contributed by atoms with Crippen LogP contribution in [0.4, 0.5) is 0 Å². The minimum atomic E-state index is 0.00980. The molecule has 0 radical (unpaired) electrons. The summed E-state index contributed by atoms with van der Waals surface area (Å²) in [6.07, 6.45) is 5.90. The van der Waals surface area contributed by atoms with E-state index in [-0.39, 0.29) is 5.91 Å². The summed E-state index contributed by atoms with van der Waals surface area (Å²) in [5, 5.41) is 0. The largest absolute Gasteiger partial charge is 0.441 e. The Balaban J connectivity index is 1.74. The van der Waals surface area contributed by atoms with Gasteiger partial charge in [0.05, 0.1) is 0 Å². The molecule has 1 unspecified atom stereocenters. The van der Waals surface area contributed by atoms with Crippen LogP contribution in [-0.2, 0) is 0 Å². The first-order valence-electron chi connectivity index (χ1n) is 9.01. The van der Waals surface area contributed by atoms with Gasteiger partial charge >= 0.3 is 0 Å². The van der Waals surface area contributed by atoms with E-state index in [1.54, 1.807) is 0 Å². The molecule has 128 valence electrons. The first-order valence-corrected chi connectivity index (χ1v) is 9.01. The zero-order valence-electron chi connectivity index (χ0n) is 14.6. The molecule has 2 heterocycles. The second-order valence-electron chi connectivity index (χ2n) is 6.67. The van der Waals surface area contributed by atoms with E-state index in [4.69, 9.17) is 4.42 Å². The van der Waals surface area contributed by atoms with E-state index < -0.39 is 0 Å². The predicted octanol–water partition coefficient (Wildman–Crippen LogP) is 4.69. The molecule has 0 N–H and O–H groups in total. The molecule has 1 aromatic heterocycles. The van der Waals surface area contributed by atoms with E-state index in [1.165, 1.54) is 19.3 Å². The molecule has 0 aliphatic carbocycles. The van der Waals surface area contributed by atoms with Crippen molar-refractivity contribution in [2.45, 2.75) is 46.0 Å². The van der Waals surface area contributed by atoms with Crippen LogP contribution >= 0.6 is 0 Å². The van der Waals surface area contributed by atoms with Crippen LogP contribution in [0.1, 0.15) is 55.3 Å². The molecule has 1 fully saturated rings. The van der Waals surface area contributed by atoms with Crippen LogP contribution in [0.5, 0.6) is 0 Å². The first-order chi connectivity index (χ1) is 11.7. The number of oxazole rings is 1. The van der Waals surface area contributed by atoms with Crippen LogP contribution in [-0.4, -0.2) is 28.9 Å². The Morgan fingerprint density at radius 2 is 2.04 bits per heavy atom. The highest BCUT2D eigenvalue weighted by Gasteiger charge is 2.25. The Kier molecular flexibility index (Phi) is 5.34. The lowest BCUT2D eigenvalue weighted by Gasteiger charge is -2.19. The lowest BCUT2D eigenvalue weighted by molar-refractivity contribution is 0.0753. The van der Waals surface area contributed by atoms with Gasteiger partial charge < -0.3 is 9.32 Å². The van der Waals surface area contributed by atoms with Crippen molar-refractivity contribution >= 4 is 5.91 Å². The van der Waals surface area contributed by atoms with Crippen molar-refractivity contribution in [3.8, 4) is 11.5 Å². The van der Waals surface area contributed by atoms with Gasteiger partial charge in [0.1, 0.15) is 5.76 Å². The smallest absolute Gasteiger partial charge is 0.276 e. The van der Waals surface area contributed by atoms with Crippen molar-refractivity contribution in [1.82, 2.24) is 9.88 Å². The van der Waals surface area contributed by atoms with Gasteiger partial charge in [-0.3, -0.25) is 4.79 Å². The molecule has 1 aliphatic rings. The van der Waals surface area contributed by atoms with Crippen LogP contribution in [0.15, 0.2) is 34.7 Å². The average molecular weight is 326 g/mol. The predicted molar refractivity (Wildman–Crippen MR) is 94.8 cm³/mol. The number of benzene rings is 1. The van der Waals surface area contributed by atoms with Crippen LogP contribution in [0, 0.1) is 12.8 Å². The van der Waals surface area contributed by atoms with Crippen molar-refractivity contribution in [2.24, 2.45) is 5.92 Å². The van der Waals surface area contributed by atoms with Gasteiger partial charge in [-0.25, -0.2) is 4.98 Å². The van der Waals surface area contributed by atoms with Crippen LogP contribution in [0.25, 0.3) is 11.5 Å². The molecule has 0 bridgehead atoms. The third kappa shape index (κ3) is 3.69.